The van der Waals surface area contributed by atoms with Gasteiger partial charge in [0.15, 0.2) is 5.78 Å². The van der Waals surface area contributed by atoms with Gasteiger partial charge in [-0.25, -0.2) is 4.79 Å². The number of nitrogens with two attached hydrogens (primary N) is 1. The molecule has 4 aliphatic rings. The summed E-state index contributed by atoms with van der Waals surface area (Å²) in [5.74, 6) is -3.04. The van der Waals surface area contributed by atoms with Crippen molar-refractivity contribution in [2.24, 2.45) is 46.2 Å². The standard InChI is InChI=1S/C39H57N5O6/c1-38(2,3)33(36(49)43(6)21-24-13-9-7-10-14-24)42-37(50)41-30(25-15-11-8-12-16-25)35(48)44-22-27-29(39(27,4)5)31(44)28(45)20-26(19-23-17-18-23)32(46)34(40)47/h7,9-10,13-14,23,25-27,29-31,33H,8,11-12,15-22H2,1-6H3,(H2,40,47)(H2,41,42,50)/t26?,27-,29-,30-,31+,33+/m0/s1. The summed E-state index contributed by atoms with van der Waals surface area (Å²) >= 11 is 0. The number of hydrogen-bond acceptors (Lipinski definition) is 6. The average molecular weight is 692 g/mol. The number of likely N-dealkylation sites (N-methyl/N-ethyl adjacent to an activating group) is 1. The van der Waals surface area contributed by atoms with Crippen molar-refractivity contribution < 1.29 is 28.8 Å². The van der Waals surface area contributed by atoms with E-state index in [1.165, 1.54) is 0 Å². The SMILES string of the molecule is CN(Cc1ccccc1)C(=O)[C@@H](NC(=O)N[C@H](C(=O)N1C[C@H]2[C@@H]([C@H]1C(=O)CC(CC1CC1)C(=O)C(N)=O)C2(C)C)C1CCCCC1)C(C)(C)C. The quantitative estimate of drug-likeness (QED) is 0.248. The third-order valence-corrected chi connectivity index (χ3v) is 11.9. The molecule has 0 radical (unpaired) electrons. The van der Waals surface area contributed by atoms with E-state index in [0.29, 0.717) is 25.4 Å². The van der Waals surface area contributed by atoms with Crippen LogP contribution in [0.25, 0.3) is 0 Å². The molecule has 0 bridgehead atoms. The van der Waals surface area contributed by atoms with Crippen LogP contribution in [0.15, 0.2) is 30.3 Å². The van der Waals surface area contributed by atoms with Crippen molar-refractivity contribution in [3.8, 4) is 0 Å². The lowest BCUT2D eigenvalue weighted by molar-refractivity contribution is -0.144. The van der Waals surface area contributed by atoms with Gasteiger partial charge in [-0.1, -0.05) is 97.1 Å². The van der Waals surface area contributed by atoms with Gasteiger partial charge in [0.05, 0.1) is 6.04 Å². The highest BCUT2D eigenvalue weighted by molar-refractivity contribution is 6.36. The molecule has 5 rings (SSSR count). The second kappa shape index (κ2) is 14.8. The maximum absolute atomic E-state index is 14.6. The highest BCUT2D eigenvalue weighted by Crippen LogP contribution is 2.65. The van der Waals surface area contributed by atoms with Gasteiger partial charge in [-0.15, -0.1) is 0 Å². The Morgan fingerprint density at radius 2 is 1.60 bits per heavy atom. The number of benzene rings is 1. The number of urea groups is 1. The molecular formula is C39H57N5O6. The van der Waals surface area contributed by atoms with Gasteiger partial charge in [-0.3, -0.25) is 24.0 Å². The smallest absolute Gasteiger partial charge is 0.316 e. The van der Waals surface area contributed by atoms with Crippen LogP contribution in [0.4, 0.5) is 4.79 Å². The number of nitrogens with zero attached hydrogens (tertiary/aromatic N) is 2. The Morgan fingerprint density at radius 1 is 0.960 bits per heavy atom. The zero-order chi connectivity index (χ0) is 36.5. The topological polar surface area (TPSA) is 159 Å². The van der Waals surface area contributed by atoms with Crippen molar-refractivity contribution >= 4 is 35.3 Å². The lowest BCUT2D eigenvalue weighted by Gasteiger charge is -2.38. The molecular weight excluding hydrogens is 634 g/mol. The van der Waals surface area contributed by atoms with Gasteiger partial charge >= 0.3 is 6.03 Å². The van der Waals surface area contributed by atoms with Crippen molar-refractivity contribution in [1.29, 1.82) is 0 Å². The Bertz CT molecular complexity index is 1460. The van der Waals surface area contributed by atoms with Gasteiger partial charge in [0.2, 0.25) is 17.6 Å². The third kappa shape index (κ3) is 8.40. The number of fused-ring (bicyclic) bond motifs is 1. The van der Waals surface area contributed by atoms with Gasteiger partial charge in [0.1, 0.15) is 12.1 Å². The van der Waals surface area contributed by atoms with Gasteiger partial charge in [0.25, 0.3) is 5.91 Å². The largest absolute Gasteiger partial charge is 0.363 e. The van der Waals surface area contributed by atoms with Crippen LogP contribution in [0.1, 0.15) is 98.0 Å². The first-order valence-corrected chi connectivity index (χ1v) is 18.5. The number of carbonyl (C=O) groups is 6. The fourth-order valence-corrected chi connectivity index (χ4v) is 8.63. The molecule has 11 heteroatoms. The lowest BCUT2D eigenvalue weighted by Crippen LogP contribution is -2.61. The summed E-state index contributed by atoms with van der Waals surface area (Å²) in [6.45, 7) is 10.7. The number of ketones is 2. The van der Waals surface area contributed by atoms with Crippen molar-refractivity contribution in [2.75, 3.05) is 13.6 Å². The number of Topliss-reactive ketones (excluding diaryl/α,β-unsaturated/α-hetero) is 2. The molecule has 0 spiro atoms. The molecule has 5 amide bonds. The molecule has 274 valence electrons. The van der Waals surface area contributed by atoms with Crippen LogP contribution in [0.2, 0.25) is 0 Å². The van der Waals surface area contributed by atoms with Crippen molar-refractivity contribution in [3.63, 3.8) is 0 Å². The number of hydrogen-bond donors (Lipinski definition) is 3. The summed E-state index contributed by atoms with van der Waals surface area (Å²) in [5, 5.41) is 5.91. The number of likely N-dealkylation sites (tertiary alicyclic amines) is 1. The molecule has 4 N–H and O–H groups in total. The molecule has 1 aromatic carbocycles. The Hall–Kier alpha value is -3.76. The first kappa shape index (κ1) is 37.5. The molecule has 50 heavy (non-hydrogen) atoms. The van der Waals surface area contributed by atoms with E-state index in [-0.39, 0.29) is 47.2 Å². The fourth-order valence-electron chi connectivity index (χ4n) is 8.63. The molecule has 6 atom stereocenters. The zero-order valence-corrected chi connectivity index (χ0v) is 30.7. The van der Waals surface area contributed by atoms with E-state index >= 15 is 0 Å². The van der Waals surface area contributed by atoms with E-state index in [4.69, 9.17) is 5.73 Å². The predicted molar refractivity (Wildman–Crippen MR) is 189 cm³/mol. The number of rotatable bonds is 14. The van der Waals surface area contributed by atoms with E-state index in [2.05, 4.69) is 24.5 Å². The van der Waals surface area contributed by atoms with Crippen LogP contribution in [0.3, 0.4) is 0 Å². The Balaban J connectivity index is 1.34. The van der Waals surface area contributed by atoms with Crippen molar-refractivity contribution in [2.45, 2.75) is 117 Å². The minimum absolute atomic E-state index is 0.0620. The number of amides is 5. The van der Waals surface area contributed by atoms with E-state index < -0.39 is 47.2 Å². The number of carbonyl (C=O) groups excluding carboxylic acids is 6. The highest BCUT2D eigenvalue weighted by Gasteiger charge is 2.69. The third-order valence-electron chi connectivity index (χ3n) is 11.9. The fraction of sp³-hybridized carbons (Fsp3) is 0.692. The van der Waals surface area contributed by atoms with Gasteiger partial charge in [-0.05, 0) is 59.3 Å². The van der Waals surface area contributed by atoms with Gasteiger partial charge in [0, 0.05) is 32.5 Å². The summed E-state index contributed by atoms with van der Waals surface area (Å²) in [7, 11) is 1.71. The molecule has 1 aromatic rings. The first-order valence-electron chi connectivity index (χ1n) is 18.5. The van der Waals surface area contributed by atoms with E-state index in [9.17, 15) is 28.8 Å². The van der Waals surface area contributed by atoms with E-state index in [1.54, 1.807) is 16.8 Å². The van der Waals surface area contributed by atoms with Crippen LogP contribution in [0, 0.1) is 40.4 Å². The predicted octanol–water partition coefficient (Wildman–Crippen LogP) is 4.22. The minimum atomic E-state index is -1.03. The lowest BCUT2D eigenvalue weighted by atomic mass is 9.82. The number of nitrogens with one attached hydrogen (secondary N) is 2. The summed E-state index contributed by atoms with van der Waals surface area (Å²) < 4.78 is 0. The van der Waals surface area contributed by atoms with Crippen LogP contribution in [0.5, 0.6) is 0 Å². The Morgan fingerprint density at radius 3 is 2.18 bits per heavy atom. The maximum Gasteiger partial charge on any atom is 0.316 e. The summed E-state index contributed by atoms with van der Waals surface area (Å²) in [6, 6.07) is 6.56. The van der Waals surface area contributed by atoms with Gasteiger partial charge < -0.3 is 26.2 Å². The number of primary amides is 1. The average Bonchev–Trinajstić information content (AvgIpc) is 3.92. The Kier molecular flexibility index (Phi) is 11.1. The monoisotopic (exact) mass is 691 g/mol. The second-order valence-corrected chi connectivity index (χ2v) is 17.1. The zero-order valence-electron chi connectivity index (χ0n) is 30.7. The molecule has 0 aromatic heterocycles. The molecule has 1 aliphatic heterocycles. The minimum Gasteiger partial charge on any atom is -0.363 e. The maximum atomic E-state index is 14.6. The van der Waals surface area contributed by atoms with Crippen LogP contribution < -0.4 is 16.4 Å². The molecule has 4 fully saturated rings. The van der Waals surface area contributed by atoms with E-state index in [1.807, 2.05) is 51.1 Å². The van der Waals surface area contributed by atoms with Crippen LogP contribution >= 0.6 is 0 Å². The second-order valence-electron chi connectivity index (χ2n) is 17.1. The summed E-state index contributed by atoms with van der Waals surface area (Å²) in [6.07, 6.45) is 6.70. The summed E-state index contributed by atoms with van der Waals surface area (Å²) in [5.41, 5.74) is 5.58. The summed E-state index contributed by atoms with van der Waals surface area (Å²) in [4.78, 5) is 84.2. The molecule has 3 aliphatic carbocycles. The van der Waals surface area contributed by atoms with Crippen LogP contribution in [-0.4, -0.2) is 76.8 Å². The van der Waals surface area contributed by atoms with Crippen molar-refractivity contribution in [1.82, 2.24) is 20.4 Å². The van der Waals surface area contributed by atoms with Crippen LogP contribution in [-0.2, 0) is 30.5 Å². The van der Waals surface area contributed by atoms with E-state index in [0.717, 1.165) is 50.5 Å². The molecule has 1 saturated heterocycles. The van der Waals surface area contributed by atoms with Crippen molar-refractivity contribution in [3.05, 3.63) is 35.9 Å². The Labute approximate surface area is 296 Å². The molecule has 1 heterocycles. The normalized spacial score (nSPS) is 24.7. The molecule has 1 unspecified atom stereocenters. The molecule has 11 nitrogen and oxygen atoms in total. The highest BCUT2D eigenvalue weighted by atomic mass is 16.2. The number of piperidine rings is 1. The first-order chi connectivity index (χ1) is 23.5. The van der Waals surface area contributed by atoms with Gasteiger partial charge in [-0.2, -0.15) is 0 Å². The molecule has 3 saturated carbocycles.